The van der Waals surface area contributed by atoms with Gasteiger partial charge in [-0.1, -0.05) is 33.3 Å². The third-order valence-corrected chi connectivity index (χ3v) is 5.97. The molecule has 2 rings (SSSR count). The molecule has 0 spiro atoms. The third kappa shape index (κ3) is 4.04. The summed E-state index contributed by atoms with van der Waals surface area (Å²) in [6, 6.07) is 5.62. The number of carbonyl (C=O) groups excluding carboxylic acids is 2. The fourth-order valence-electron chi connectivity index (χ4n) is 1.84. The van der Waals surface area contributed by atoms with Gasteiger partial charge in [0.05, 0.1) is 10.2 Å². The lowest BCUT2D eigenvalue weighted by Crippen LogP contribution is -2.23. The van der Waals surface area contributed by atoms with E-state index < -0.39 is 26.6 Å². The molecular weight excluding hydrogens is 404 g/mol. The molecule has 2 aromatic rings. The third-order valence-electron chi connectivity index (χ3n) is 2.93. The highest BCUT2D eigenvalue weighted by Gasteiger charge is 2.21. The van der Waals surface area contributed by atoms with Crippen LogP contribution in [0.5, 0.6) is 0 Å². The fraction of sp³-hybridized carbons (Fsp3) is 0.214. The Morgan fingerprint density at radius 3 is 2.74 bits per heavy atom. The molecule has 23 heavy (non-hydrogen) atoms. The number of halogens is 1. The zero-order valence-corrected chi connectivity index (χ0v) is 15.4. The van der Waals surface area contributed by atoms with E-state index >= 15 is 0 Å². The minimum Gasteiger partial charge on any atom is -0.313 e. The molecule has 0 N–H and O–H groups in total. The molecule has 0 bridgehead atoms. The number of rotatable bonds is 4. The van der Waals surface area contributed by atoms with E-state index in [2.05, 4.69) is 27.5 Å². The Morgan fingerprint density at radius 2 is 2.13 bits per heavy atom. The highest BCUT2D eigenvalue weighted by molar-refractivity contribution is 9.10. The second-order valence-electron chi connectivity index (χ2n) is 4.65. The molecule has 0 aliphatic carbocycles. The standard InChI is InChI=1S/C14H13BrN2O4S2/c1-3-6-17-11-5-4-10(15)7-12(11)22-14(17)16-13(19)8-23(20,21)9(2)18/h3-5,7H,1,6,8H2,2H3. The van der Waals surface area contributed by atoms with E-state index in [0.29, 0.717) is 11.3 Å². The Morgan fingerprint density at radius 1 is 1.43 bits per heavy atom. The fourth-order valence-corrected chi connectivity index (χ4v) is 4.04. The quantitative estimate of drug-likeness (QED) is 0.713. The Labute approximate surface area is 145 Å². The topological polar surface area (TPSA) is 85.6 Å². The van der Waals surface area contributed by atoms with Gasteiger partial charge in [0.25, 0.3) is 5.91 Å². The van der Waals surface area contributed by atoms with Crippen LogP contribution in [0.2, 0.25) is 0 Å². The zero-order chi connectivity index (χ0) is 17.2. The summed E-state index contributed by atoms with van der Waals surface area (Å²) in [4.78, 5) is 27.1. The molecule has 1 amide bonds. The lowest BCUT2D eigenvalue weighted by atomic mass is 10.3. The molecule has 0 atom stereocenters. The van der Waals surface area contributed by atoms with Crippen LogP contribution >= 0.6 is 27.3 Å². The normalized spacial score (nSPS) is 12.5. The number of aromatic nitrogens is 1. The molecule has 1 aromatic carbocycles. The molecule has 0 fully saturated rings. The average molecular weight is 417 g/mol. The molecule has 0 unspecified atom stereocenters. The van der Waals surface area contributed by atoms with Crippen LogP contribution in [-0.4, -0.2) is 29.8 Å². The van der Waals surface area contributed by atoms with Crippen molar-refractivity contribution >= 4 is 58.3 Å². The van der Waals surface area contributed by atoms with E-state index in [1.165, 1.54) is 11.3 Å². The molecule has 1 heterocycles. The average Bonchev–Trinajstić information content (AvgIpc) is 2.75. The van der Waals surface area contributed by atoms with Crippen molar-refractivity contribution in [1.82, 2.24) is 4.57 Å². The van der Waals surface area contributed by atoms with E-state index in [1.54, 1.807) is 10.6 Å². The summed E-state index contributed by atoms with van der Waals surface area (Å²) in [5, 5.41) is -1.04. The maximum absolute atomic E-state index is 11.9. The van der Waals surface area contributed by atoms with Crippen molar-refractivity contribution in [3.05, 3.63) is 40.1 Å². The number of amides is 1. The second-order valence-corrected chi connectivity index (χ2v) is 8.67. The summed E-state index contributed by atoms with van der Waals surface area (Å²) >= 11 is 4.63. The van der Waals surface area contributed by atoms with Gasteiger partial charge in [-0.3, -0.25) is 9.59 Å². The number of allylic oxidation sites excluding steroid dienone is 1. The lowest BCUT2D eigenvalue weighted by Gasteiger charge is -2.01. The maximum Gasteiger partial charge on any atom is 0.264 e. The molecule has 0 radical (unpaired) electrons. The van der Waals surface area contributed by atoms with Gasteiger partial charge in [-0.2, -0.15) is 4.99 Å². The molecule has 9 heteroatoms. The van der Waals surface area contributed by atoms with E-state index in [0.717, 1.165) is 21.6 Å². The van der Waals surface area contributed by atoms with Crippen LogP contribution in [0.4, 0.5) is 0 Å². The van der Waals surface area contributed by atoms with E-state index in [-0.39, 0.29) is 0 Å². The van der Waals surface area contributed by atoms with Crippen molar-refractivity contribution in [1.29, 1.82) is 0 Å². The molecular formula is C14H13BrN2O4S2. The van der Waals surface area contributed by atoms with Crippen LogP contribution in [0, 0.1) is 0 Å². The summed E-state index contributed by atoms with van der Waals surface area (Å²) in [6.07, 6.45) is 1.66. The van der Waals surface area contributed by atoms with Gasteiger partial charge in [0, 0.05) is 17.9 Å². The first-order valence-corrected chi connectivity index (χ1v) is 9.71. The van der Waals surface area contributed by atoms with Crippen molar-refractivity contribution in [2.75, 3.05) is 5.75 Å². The monoisotopic (exact) mass is 416 g/mol. The smallest absolute Gasteiger partial charge is 0.264 e. The van der Waals surface area contributed by atoms with Gasteiger partial charge in [0.1, 0.15) is 5.75 Å². The first-order valence-electron chi connectivity index (χ1n) is 6.45. The predicted octanol–water partition coefficient (Wildman–Crippen LogP) is 2.04. The number of thiazole rings is 1. The minimum absolute atomic E-state index is 0.363. The number of sulfone groups is 1. The van der Waals surface area contributed by atoms with Crippen molar-refractivity contribution < 1.29 is 18.0 Å². The van der Waals surface area contributed by atoms with Gasteiger partial charge in [0.15, 0.2) is 4.80 Å². The molecule has 0 aliphatic heterocycles. The van der Waals surface area contributed by atoms with Crippen LogP contribution in [0.15, 0.2) is 40.3 Å². The number of nitrogens with zero attached hydrogens (tertiary/aromatic N) is 2. The Bertz CT molecular complexity index is 970. The Hall–Kier alpha value is -1.58. The minimum atomic E-state index is -4.09. The summed E-state index contributed by atoms with van der Waals surface area (Å²) in [6.45, 7) is 5.01. The SMILES string of the molecule is C=CCn1c(=NC(=O)CS(=O)(=O)C(C)=O)sc2cc(Br)ccc21. The maximum atomic E-state index is 11.9. The first kappa shape index (κ1) is 17.8. The highest BCUT2D eigenvalue weighted by atomic mass is 79.9. The predicted molar refractivity (Wildman–Crippen MR) is 92.7 cm³/mol. The summed E-state index contributed by atoms with van der Waals surface area (Å²) in [7, 11) is -4.09. The van der Waals surface area contributed by atoms with Gasteiger partial charge in [-0.25, -0.2) is 8.42 Å². The molecule has 122 valence electrons. The summed E-state index contributed by atoms with van der Waals surface area (Å²) in [5.41, 5.74) is 0.860. The molecule has 1 aromatic heterocycles. The number of benzene rings is 1. The first-order chi connectivity index (χ1) is 10.7. The van der Waals surface area contributed by atoms with Crippen molar-refractivity contribution in [3.63, 3.8) is 0 Å². The van der Waals surface area contributed by atoms with Gasteiger partial charge < -0.3 is 4.57 Å². The zero-order valence-electron chi connectivity index (χ0n) is 12.2. The second kappa shape index (κ2) is 6.90. The molecule has 0 saturated carbocycles. The van der Waals surface area contributed by atoms with Crippen molar-refractivity contribution in [2.24, 2.45) is 4.99 Å². The van der Waals surface area contributed by atoms with Gasteiger partial charge in [0.2, 0.25) is 15.0 Å². The van der Waals surface area contributed by atoms with E-state index in [1.807, 2.05) is 18.2 Å². The largest absolute Gasteiger partial charge is 0.313 e. The van der Waals surface area contributed by atoms with E-state index in [9.17, 15) is 18.0 Å². The summed E-state index contributed by atoms with van der Waals surface area (Å²) in [5.74, 6) is -1.79. The number of carbonyl (C=O) groups is 2. The lowest BCUT2D eigenvalue weighted by molar-refractivity contribution is -0.116. The van der Waals surface area contributed by atoms with Crippen LogP contribution in [0.1, 0.15) is 6.92 Å². The van der Waals surface area contributed by atoms with Crippen molar-refractivity contribution in [2.45, 2.75) is 13.5 Å². The Kier molecular flexibility index (Phi) is 5.33. The van der Waals surface area contributed by atoms with Crippen LogP contribution in [-0.2, 0) is 26.0 Å². The van der Waals surface area contributed by atoms with Crippen LogP contribution in [0.25, 0.3) is 10.2 Å². The molecule has 0 saturated heterocycles. The van der Waals surface area contributed by atoms with Gasteiger partial charge in [-0.15, -0.1) is 6.58 Å². The molecule has 0 aliphatic rings. The number of fused-ring (bicyclic) bond motifs is 1. The number of hydrogen-bond donors (Lipinski definition) is 0. The molecule has 6 nitrogen and oxygen atoms in total. The van der Waals surface area contributed by atoms with Crippen LogP contribution in [0.3, 0.4) is 0 Å². The Balaban J connectivity index is 2.53. The van der Waals surface area contributed by atoms with Gasteiger partial charge >= 0.3 is 0 Å². The highest BCUT2D eigenvalue weighted by Crippen LogP contribution is 2.22. The van der Waals surface area contributed by atoms with Crippen molar-refractivity contribution in [3.8, 4) is 0 Å². The van der Waals surface area contributed by atoms with Gasteiger partial charge in [-0.05, 0) is 18.2 Å². The van der Waals surface area contributed by atoms with Crippen LogP contribution < -0.4 is 4.80 Å². The van der Waals surface area contributed by atoms with E-state index in [4.69, 9.17) is 0 Å². The number of hydrogen-bond acceptors (Lipinski definition) is 5. The summed E-state index contributed by atoms with van der Waals surface area (Å²) < 4.78 is 26.5.